The summed E-state index contributed by atoms with van der Waals surface area (Å²) in [5.41, 5.74) is 0.991. The number of aryl methyl sites for hydroxylation is 1. The number of hydrogen-bond acceptors (Lipinski definition) is 9. The normalized spacial score (nSPS) is 24.5. The number of fused-ring (bicyclic) bond motifs is 1. The average Bonchev–Trinajstić information content (AvgIpc) is 3.32. The van der Waals surface area contributed by atoms with Crippen LogP contribution in [0, 0.1) is 6.92 Å². The number of nitrogens with one attached hydrogen (secondary N) is 1. The van der Waals surface area contributed by atoms with Gasteiger partial charge in [-0.15, -0.1) is 0 Å². The molecule has 1 aromatic carbocycles. The minimum atomic E-state index is -2.98. The van der Waals surface area contributed by atoms with Gasteiger partial charge in [0.15, 0.2) is 6.23 Å². The maximum absolute atomic E-state index is 14.0. The van der Waals surface area contributed by atoms with E-state index in [0.717, 1.165) is 10.1 Å². The molecule has 0 aliphatic carbocycles. The summed E-state index contributed by atoms with van der Waals surface area (Å²) in [4.78, 5) is 27.2. The van der Waals surface area contributed by atoms with Crippen molar-refractivity contribution in [3.05, 3.63) is 68.5 Å². The van der Waals surface area contributed by atoms with E-state index in [9.17, 15) is 9.59 Å². The van der Waals surface area contributed by atoms with Gasteiger partial charge in [0.05, 0.1) is 19.8 Å². The molecule has 258 valence electrons. The molecule has 3 heterocycles. The number of nitrogens with zero attached hydrogens (tertiary/aromatic N) is 2. The smallest absolute Gasteiger partial charge is 0.335 e. The van der Waals surface area contributed by atoms with Crippen molar-refractivity contribution in [2.75, 3.05) is 26.8 Å². The lowest BCUT2D eigenvalue weighted by atomic mass is 10.1. The molecular formula is C33H55N3O8Si2. The van der Waals surface area contributed by atoms with Crippen LogP contribution in [0.15, 0.2) is 46.1 Å². The second kappa shape index (κ2) is 15.5. The topological polar surface area (TPSA) is 111 Å². The van der Waals surface area contributed by atoms with Crippen LogP contribution in [0.25, 0.3) is 0 Å². The molecular weight excluding hydrogens is 623 g/mol. The van der Waals surface area contributed by atoms with Gasteiger partial charge in [-0.25, -0.2) is 9.36 Å². The van der Waals surface area contributed by atoms with E-state index >= 15 is 0 Å². The highest BCUT2D eigenvalue weighted by atomic mass is 28.5. The van der Waals surface area contributed by atoms with Gasteiger partial charge in [0, 0.05) is 18.3 Å². The highest BCUT2D eigenvalue weighted by molar-refractivity contribution is 6.84. The molecule has 11 nitrogen and oxygen atoms in total. The van der Waals surface area contributed by atoms with Gasteiger partial charge in [0.2, 0.25) is 0 Å². The Morgan fingerprint density at radius 3 is 2.17 bits per heavy atom. The van der Waals surface area contributed by atoms with E-state index in [1.807, 2.05) is 37.4 Å². The van der Waals surface area contributed by atoms with Gasteiger partial charge in [-0.1, -0.05) is 85.7 Å². The van der Waals surface area contributed by atoms with Crippen LogP contribution in [0.1, 0.15) is 72.7 Å². The molecule has 0 unspecified atom stereocenters. The average molecular weight is 678 g/mol. The number of aromatic nitrogens is 2. The van der Waals surface area contributed by atoms with Crippen LogP contribution in [-0.4, -0.2) is 71.4 Å². The Hall–Kier alpha value is -1.95. The van der Waals surface area contributed by atoms with Gasteiger partial charge in [0.25, 0.3) is 5.56 Å². The van der Waals surface area contributed by atoms with Gasteiger partial charge in [0.1, 0.15) is 25.0 Å². The van der Waals surface area contributed by atoms with Crippen molar-refractivity contribution in [1.29, 1.82) is 0 Å². The van der Waals surface area contributed by atoms with Crippen LogP contribution in [0.5, 0.6) is 0 Å². The van der Waals surface area contributed by atoms with Crippen LogP contribution in [0.4, 0.5) is 0 Å². The fraction of sp³-hybridized carbons (Fsp3) is 0.697. The molecule has 4 rings (SSSR count). The van der Waals surface area contributed by atoms with Crippen molar-refractivity contribution < 1.29 is 27.2 Å². The van der Waals surface area contributed by atoms with E-state index in [0.29, 0.717) is 18.7 Å². The van der Waals surface area contributed by atoms with Crippen LogP contribution < -0.4 is 16.6 Å². The lowest BCUT2D eigenvalue weighted by molar-refractivity contribution is -0.0738. The number of ether oxygens (including phenoxy) is 3. The summed E-state index contributed by atoms with van der Waals surface area (Å²) in [6.07, 6.45) is -1.02. The number of hydrogen-bond donors (Lipinski definition) is 1. The van der Waals surface area contributed by atoms with Crippen molar-refractivity contribution in [3.63, 3.8) is 0 Å². The fourth-order valence-corrected chi connectivity index (χ4v) is 17.9. The minimum absolute atomic E-state index is 0.116. The molecule has 0 radical (unpaired) electrons. The van der Waals surface area contributed by atoms with E-state index < -0.39 is 52.9 Å². The van der Waals surface area contributed by atoms with Gasteiger partial charge in [-0.05, 0) is 41.7 Å². The molecule has 0 amide bonds. The first-order valence-corrected chi connectivity index (χ1v) is 20.6. The third-order valence-corrected chi connectivity index (χ3v) is 19.5. The summed E-state index contributed by atoms with van der Waals surface area (Å²) < 4.78 is 43.3. The second-order valence-corrected chi connectivity index (χ2v) is 22.6. The van der Waals surface area contributed by atoms with E-state index in [1.165, 1.54) is 4.57 Å². The first-order chi connectivity index (χ1) is 21.8. The summed E-state index contributed by atoms with van der Waals surface area (Å²) in [6, 6.07) is 9.63. The number of rotatable bonds is 13. The van der Waals surface area contributed by atoms with Crippen molar-refractivity contribution in [1.82, 2.24) is 14.5 Å². The first kappa shape index (κ1) is 36.9. The molecule has 2 aromatic rings. The molecule has 46 heavy (non-hydrogen) atoms. The summed E-state index contributed by atoms with van der Waals surface area (Å²) in [5.74, 6) is 0. The lowest BCUT2D eigenvalue weighted by Gasteiger charge is -2.51. The Labute approximate surface area is 276 Å². The van der Waals surface area contributed by atoms with Crippen LogP contribution >= 0.6 is 0 Å². The third-order valence-electron chi connectivity index (χ3n) is 9.25. The van der Waals surface area contributed by atoms with Gasteiger partial charge < -0.3 is 32.5 Å². The summed E-state index contributed by atoms with van der Waals surface area (Å²) in [5, 5.41) is 3.13. The standard InChI is InChI=1S/C33H55N3O8Si2/c1-22(2)45(23(3)4)41-20-28-29(43-46(44-45,24(5)6)25(7)8)30(40-17-16-34-10)32(42-28)35-18-26(9)31(37)36(33(35)38)21-39-19-27-14-12-11-13-15-27/h11-15,18,22-25,28-30,32,34H,16-17,19-21H2,1-10H3/t28-,29-,30-,32-/m1/s1. The molecule has 2 aliphatic heterocycles. The zero-order chi connectivity index (χ0) is 33.8. The Kier molecular flexibility index (Phi) is 12.4. The summed E-state index contributed by atoms with van der Waals surface area (Å²) in [7, 11) is -3.92. The first-order valence-electron chi connectivity index (χ1n) is 16.7. The molecule has 2 aliphatic rings. The second-order valence-electron chi connectivity index (χ2n) is 13.8. The molecule has 1 aromatic heterocycles. The molecule has 13 heteroatoms. The van der Waals surface area contributed by atoms with E-state index in [4.69, 9.17) is 27.2 Å². The van der Waals surface area contributed by atoms with Crippen LogP contribution in [0.3, 0.4) is 0 Å². The Bertz CT molecular complexity index is 1380. The Balaban J connectivity index is 1.77. The molecule has 0 saturated carbocycles. The molecule has 1 N–H and O–H groups in total. The molecule has 2 saturated heterocycles. The number of likely N-dealkylation sites (N-methyl/N-ethyl adjacent to an activating group) is 1. The van der Waals surface area contributed by atoms with Crippen molar-refractivity contribution >= 4 is 17.1 Å². The van der Waals surface area contributed by atoms with E-state index in [-0.39, 0.29) is 42.1 Å². The zero-order valence-electron chi connectivity index (χ0n) is 29.3. The van der Waals surface area contributed by atoms with Gasteiger partial charge >= 0.3 is 22.8 Å². The van der Waals surface area contributed by atoms with Crippen LogP contribution in [-0.2, 0) is 40.5 Å². The van der Waals surface area contributed by atoms with Crippen molar-refractivity contribution in [2.24, 2.45) is 0 Å². The highest BCUT2D eigenvalue weighted by Gasteiger charge is 2.62. The molecule has 4 atom stereocenters. The summed E-state index contributed by atoms with van der Waals surface area (Å²) >= 11 is 0. The van der Waals surface area contributed by atoms with Gasteiger partial charge in [-0.3, -0.25) is 9.36 Å². The largest absolute Gasteiger partial charge is 0.414 e. The van der Waals surface area contributed by atoms with E-state index in [2.05, 4.69) is 60.7 Å². The Morgan fingerprint density at radius 2 is 1.59 bits per heavy atom. The predicted molar refractivity (Wildman–Crippen MR) is 182 cm³/mol. The fourth-order valence-electron chi connectivity index (χ4n) is 6.70. The van der Waals surface area contributed by atoms with Crippen LogP contribution in [0.2, 0.25) is 22.2 Å². The zero-order valence-corrected chi connectivity index (χ0v) is 31.3. The number of benzene rings is 1. The summed E-state index contributed by atoms with van der Waals surface area (Å²) in [6.45, 7) is 20.4. The highest BCUT2D eigenvalue weighted by Crippen LogP contribution is 2.48. The predicted octanol–water partition coefficient (Wildman–Crippen LogP) is 4.95. The SMILES string of the molecule is CNCCO[C@@H]1[C@@H]2O[Si](C(C)C)(C(C)C)O[Si](C(C)C)(C(C)C)OC[C@H]2O[C@H]1n1cc(C)c(=O)n(COCc2ccccc2)c1=O. The van der Waals surface area contributed by atoms with Crippen molar-refractivity contribution in [2.45, 2.75) is 122 Å². The van der Waals surface area contributed by atoms with Gasteiger partial charge in [-0.2, -0.15) is 0 Å². The monoisotopic (exact) mass is 677 g/mol. The quantitative estimate of drug-likeness (QED) is 0.233. The minimum Gasteiger partial charge on any atom is -0.414 e. The third kappa shape index (κ3) is 7.37. The maximum atomic E-state index is 14.0. The Morgan fingerprint density at radius 1 is 0.957 bits per heavy atom. The molecule has 0 bridgehead atoms. The molecule has 0 spiro atoms. The lowest BCUT2D eigenvalue weighted by Crippen LogP contribution is -2.66. The van der Waals surface area contributed by atoms with E-state index in [1.54, 1.807) is 13.1 Å². The molecule has 2 fully saturated rings. The van der Waals surface area contributed by atoms with Crippen molar-refractivity contribution in [3.8, 4) is 0 Å². The maximum Gasteiger partial charge on any atom is 0.335 e.